The van der Waals surface area contributed by atoms with Crippen molar-refractivity contribution in [2.45, 2.75) is 109 Å². The first kappa shape index (κ1) is 30.9. The number of ether oxygens (including phenoxy) is 4. The predicted molar refractivity (Wildman–Crippen MR) is 131 cm³/mol. The van der Waals surface area contributed by atoms with Gasteiger partial charge in [0.15, 0.2) is 0 Å². The molecule has 0 radical (unpaired) electrons. The van der Waals surface area contributed by atoms with Crippen molar-refractivity contribution >= 4 is 0 Å². The zero-order valence-corrected chi connectivity index (χ0v) is 20.7. The molecule has 0 heterocycles. The van der Waals surface area contributed by atoms with E-state index < -0.39 is 6.10 Å². The van der Waals surface area contributed by atoms with Crippen molar-refractivity contribution in [3.8, 4) is 24.2 Å². The Balaban J connectivity index is 3.70. The third-order valence-electron chi connectivity index (χ3n) is 5.12. The van der Waals surface area contributed by atoms with Crippen molar-refractivity contribution in [1.29, 1.82) is 0 Å². The number of terminal acetylenes is 1. The van der Waals surface area contributed by atoms with Gasteiger partial charge in [0.05, 0.1) is 38.6 Å². The Bertz CT molecular complexity index is 477. The molecule has 0 amide bonds. The second-order valence-electron chi connectivity index (χ2n) is 8.23. The van der Waals surface area contributed by atoms with Crippen molar-refractivity contribution in [3.63, 3.8) is 0 Å². The molecule has 186 valence electrons. The van der Waals surface area contributed by atoms with E-state index in [0.29, 0.717) is 33.0 Å². The third kappa shape index (κ3) is 23.6. The average Bonchev–Trinajstić information content (AvgIpc) is 2.80. The van der Waals surface area contributed by atoms with E-state index in [-0.39, 0.29) is 12.7 Å². The summed E-state index contributed by atoms with van der Waals surface area (Å²) in [6, 6.07) is 0. The van der Waals surface area contributed by atoms with E-state index in [1.807, 2.05) is 0 Å². The van der Waals surface area contributed by atoms with E-state index in [4.69, 9.17) is 25.4 Å². The Labute approximate surface area is 197 Å². The second-order valence-corrected chi connectivity index (χ2v) is 8.23. The van der Waals surface area contributed by atoms with Crippen LogP contribution in [-0.2, 0) is 18.9 Å². The lowest BCUT2D eigenvalue weighted by Gasteiger charge is -2.18. The zero-order chi connectivity index (χ0) is 23.5. The summed E-state index contributed by atoms with van der Waals surface area (Å²) in [7, 11) is 1.64. The van der Waals surface area contributed by atoms with E-state index >= 15 is 0 Å². The maximum atomic E-state index is 9.90. The van der Waals surface area contributed by atoms with Gasteiger partial charge < -0.3 is 24.1 Å². The van der Waals surface area contributed by atoms with Crippen molar-refractivity contribution in [2.75, 3.05) is 40.3 Å². The van der Waals surface area contributed by atoms with E-state index in [2.05, 4.69) is 24.7 Å². The highest BCUT2D eigenvalue weighted by Crippen LogP contribution is 2.12. The van der Waals surface area contributed by atoms with Gasteiger partial charge in [-0.25, -0.2) is 0 Å². The van der Waals surface area contributed by atoms with E-state index in [1.165, 1.54) is 44.9 Å². The SMILES string of the molecule is C#CCCCCC#CC[C@H](O)COCCOC[C@H](CCCCCCCCCC)OCOC. The first-order chi connectivity index (χ1) is 15.7. The van der Waals surface area contributed by atoms with Crippen LogP contribution >= 0.6 is 0 Å². The van der Waals surface area contributed by atoms with Crippen LogP contribution in [0, 0.1) is 24.2 Å². The fraction of sp³-hybridized carbons (Fsp3) is 0.852. The number of hydrogen-bond donors (Lipinski definition) is 1. The van der Waals surface area contributed by atoms with E-state index in [1.54, 1.807) is 7.11 Å². The lowest BCUT2D eigenvalue weighted by atomic mass is 10.1. The van der Waals surface area contributed by atoms with Crippen LogP contribution in [0.1, 0.15) is 96.8 Å². The van der Waals surface area contributed by atoms with Gasteiger partial charge in [0.2, 0.25) is 0 Å². The van der Waals surface area contributed by atoms with Gasteiger partial charge in [-0.2, -0.15) is 0 Å². The molecule has 0 spiro atoms. The minimum atomic E-state index is -0.562. The van der Waals surface area contributed by atoms with Crippen LogP contribution in [0.25, 0.3) is 0 Å². The molecule has 5 nitrogen and oxygen atoms in total. The van der Waals surface area contributed by atoms with Crippen LogP contribution in [0.3, 0.4) is 0 Å². The number of unbranched alkanes of at least 4 members (excludes halogenated alkanes) is 10. The molecule has 2 atom stereocenters. The Morgan fingerprint density at radius 3 is 2.16 bits per heavy atom. The van der Waals surface area contributed by atoms with Gasteiger partial charge in [-0.05, 0) is 19.3 Å². The molecule has 0 fully saturated rings. The molecule has 0 aliphatic heterocycles. The lowest BCUT2D eigenvalue weighted by molar-refractivity contribution is -0.104. The standard InChI is InChI=1S/C27H48O5/c1-4-6-8-10-12-14-16-18-20-27(32-25-29-3)24-31-22-21-30-23-26(28)19-17-15-13-11-9-7-5-2/h2,26-28H,4,6-14,16,18-25H2,1,3H3/t26-,27-/m0/s1. The fourth-order valence-corrected chi connectivity index (χ4v) is 3.21. The smallest absolute Gasteiger partial charge is 0.146 e. The number of aliphatic hydroxyl groups is 1. The number of aliphatic hydroxyl groups excluding tert-OH is 1. The van der Waals surface area contributed by atoms with Gasteiger partial charge in [0.1, 0.15) is 6.79 Å². The van der Waals surface area contributed by atoms with E-state index in [9.17, 15) is 5.11 Å². The van der Waals surface area contributed by atoms with Crippen molar-refractivity contribution in [2.24, 2.45) is 0 Å². The number of rotatable bonds is 23. The first-order valence-electron chi connectivity index (χ1n) is 12.6. The molecule has 0 aromatic rings. The summed E-state index contributed by atoms with van der Waals surface area (Å²) in [4.78, 5) is 0. The summed E-state index contributed by atoms with van der Waals surface area (Å²) in [6.45, 7) is 4.29. The van der Waals surface area contributed by atoms with E-state index in [0.717, 1.165) is 38.5 Å². The highest BCUT2D eigenvalue weighted by molar-refractivity contribution is 5.00. The maximum absolute atomic E-state index is 9.90. The fourth-order valence-electron chi connectivity index (χ4n) is 3.21. The summed E-state index contributed by atoms with van der Waals surface area (Å²) >= 11 is 0. The van der Waals surface area contributed by atoms with Gasteiger partial charge in [0.25, 0.3) is 0 Å². The maximum Gasteiger partial charge on any atom is 0.146 e. The minimum absolute atomic E-state index is 0.0524. The molecule has 0 rings (SSSR count). The molecular weight excluding hydrogens is 404 g/mol. The highest BCUT2D eigenvalue weighted by Gasteiger charge is 2.10. The molecule has 0 aliphatic carbocycles. The van der Waals surface area contributed by atoms with Crippen LogP contribution in [-0.4, -0.2) is 57.6 Å². The van der Waals surface area contributed by atoms with Crippen molar-refractivity contribution in [3.05, 3.63) is 0 Å². The molecule has 5 heteroatoms. The molecule has 0 aromatic carbocycles. The molecule has 32 heavy (non-hydrogen) atoms. The minimum Gasteiger partial charge on any atom is -0.390 e. The largest absolute Gasteiger partial charge is 0.390 e. The summed E-state index contributed by atoms with van der Waals surface area (Å²) in [5.74, 6) is 8.69. The van der Waals surface area contributed by atoms with Gasteiger partial charge in [-0.15, -0.1) is 24.2 Å². The van der Waals surface area contributed by atoms with Gasteiger partial charge in [0, 0.05) is 26.4 Å². The monoisotopic (exact) mass is 452 g/mol. The number of methoxy groups -OCH3 is 1. The predicted octanol–water partition coefficient (Wildman–Crippen LogP) is 5.49. The molecular formula is C27H48O5. The van der Waals surface area contributed by atoms with Gasteiger partial charge >= 0.3 is 0 Å². The molecule has 0 aliphatic rings. The Morgan fingerprint density at radius 1 is 0.812 bits per heavy atom. The summed E-state index contributed by atoms with van der Waals surface area (Å²) in [5.41, 5.74) is 0. The van der Waals surface area contributed by atoms with Gasteiger partial charge in [-0.1, -0.05) is 58.3 Å². The summed E-state index contributed by atoms with van der Waals surface area (Å²) < 4.78 is 22.0. The Kier molecular flexibility index (Phi) is 25.3. The first-order valence-corrected chi connectivity index (χ1v) is 12.6. The zero-order valence-electron chi connectivity index (χ0n) is 20.7. The molecule has 0 saturated carbocycles. The van der Waals surface area contributed by atoms with Crippen LogP contribution in [0.2, 0.25) is 0 Å². The molecule has 1 N–H and O–H groups in total. The van der Waals surface area contributed by atoms with Crippen LogP contribution in [0.5, 0.6) is 0 Å². The molecule has 0 saturated heterocycles. The van der Waals surface area contributed by atoms with Crippen LogP contribution in [0.4, 0.5) is 0 Å². The lowest BCUT2D eigenvalue weighted by Crippen LogP contribution is -2.23. The normalized spacial score (nSPS) is 12.7. The topological polar surface area (TPSA) is 57.2 Å². The van der Waals surface area contributed by atoms with Crippen LogP contribution < -0.4 is 0 Å². The van der Waals surface area contributed by atoms with Gasteiger partial charge in [-0.3, -0.25) is 0 Å². The van der Waals surface area contributed by atoms with Crippen molar-refractivity contribution < 1.29 is 24.1 Å². The Morgan fingerprint density at radius 2 is 1.47 bits per heavy atom. The highest BCUT2D eigenvalue weighted by atomic mass is 16.7. The quantitative estimate of drug-likeness (QED) is 0.126. The summed E-state index contributed by atoms with van der Waals surface area (Å²) in [6.07, 6.45) is 20.2. The summed E-state index contributed by atoms with van der Waals surface area (Å²) in [5, 5.41) is 9.90. The molecule has 0 unspecified atom stereocenters. The Hall–Kier alpha value is -1.08. The second kappa shape index (κ2) is 26.2. The average molecular weight is 453 g/mol. The number of hydrogen-bond acceptors (Lipinski definition) is 5. The third-order valence-corrected chi connectivity index (χ3v) is 5.12. The van der Waals surface area contributed by atoms with Crippen LogP contribution in [0.15, 0.2) is 0 Å². The van der Waals surface area contributed by atoms with Crippen molar-refractivity contribution in [1.82, 2.24) is 0 Å². The molecule has 0 bridgehead atoms. The molecule has 0 aromatic heterocycles.